The predicted octanol–water partition coefficient (Wildman–Crippen LogP) is 3.73. The van der Waals surface area contributed by atoms with E-state index in [1.165, 1.54) is 11.8 Å². The molecule has 0 saturated heterocycles. The van der Waals surface area contributed by atoms with Crippen LogP contribution in [0.5, 0.6) is 0 Å². The number of hydrogen-bond donors (Lipinski definition) is 0. The number of nitrogens with zero attached hydrogens (tertiary/aromatic N) is 2. The molecule has 5 heteroatoms. The number of esters is 1. The maximum Gasteiger partial charge on any atom is 0.340 e. The Bertz CT molecular complexity index is 707. The minimum absolute atomic E-state index is 0.326. The zero-order chi connectivity index (χ0) is 15.2. The monoisotopic (exact) mass is 300 g/mol. The van der Waals surface area contributed by atoms with E-state index in [1.54, 1.807) is 13.1 Å². The summed E-state index contributed by atoms with van der Waals surface area (Å²) in [6, 6.07) is 8.06. The molecule has 0 aliphatic rings. The maximum absolute atomic E-state index is 12.1. The van der Waals surface area contributed by atoms with E-state index in [0.717, 1.165) is 21.4 Å². The quantitative estimate of drug-likeness (QED) is 0.478. The van der Waals surface area contributed by atoms with Crippen LogP contribution in [0.4, 0.5) is 0 Å². The van der Waals surface area contributed by atoms with Gasteiger partial charge in [-0.2, -0.15) is 5.26 Å². The minimum atomic E-state index is -0.368. The molecule has 0 amide bonds. The standard InChI is InChI=1S/C16H16N2O2S/c1-3-20-16(19)13-10-18-14-6-5-11(2)9-12(14)15(13)21-8-4-7-17/h5-6,9-10H,3-4,8H2,1-2H3. The molecule has 4 nitrogen and oxygen atoms in total. The molecular formula is C16H16N2O2S. The molecule has 0 bridgehead atoms. The Morgan fingerprint density at radius 2 is 2.29 bits per heavy atom. The number of benzene rings is 1. The van der Waals surface area contributed by atoms with Gasteiger partial charge < -0.3 is 4.74 Å². The van der Waals surface area contributed by atoms with E-state index in [1.807, 2.05) is 25.1 Å². The zero-order valence-electron chi connectivity index (χ0n) is 12.0. The zero-order valence-corrected chi connectivity index (χ0v) is 12.9. The highest BCUT2D eigenvalue weighted by molar-refractivity contribution is 7.99. The Kier molecular flexibility index (Phi) is 5.18. The second kappa shape index (κ2) is 7.09. The summed E-state index contributed by atoms with van der Waals surface area (Å²) >= 11 is 1.50. The van der Waals surface area contributed by atoms with Crippen molar-refractivity contribution < 1.29 is 9.53 Å². The van der Waals surface area contributed by atoms with Crippen molar-refractivity contribution >= 4 is 28.6 Å². The van der Waals surface area contributed by atoms with Gasteiger partial charge in [-0.3, -0.25) is 4.98 Å². The molecule has 0 fully saturated rings. The Morgan fingerprint density at radius 1 is 1.48 bits per heavy atom. The Labute approximate surface area is 128 Å². The third kappa shape index (κ3) is 3.53. The Morgan fingerprint density at radius 3 is 3.00 bits per heavy atom. The average Bonchev–Trinajstić information content (AvgIpc) is 2.47. The van der Waals surface area contributed by atoms with Crippen LogP contribution in [0.3, 0.4) is 0 Å². The first-order valence-corrected chi connectivity index (χ1v) is 7.72. The normalized spacial score (nSPS) is 10.3. The molecule has 0 aliphatic heterocycles. The van der Waals surface area contributed by atoms with E-state index in [2.05, 4.69) is 11.1 Å². The number of carbonyl (C=O) groups is 1. The smallest absolute Gasteiger partial charge is 0.340 e. The maximum atomic E-state index is 12.1. The summed E-state index contributed by atoms with van der Waals surface area (Å²) in [7, 11) is 0. The molecule has 1 aromatic heterocycles. The van der Waals surface area contributed by atoms with Gasteiger partial charge in [-0.1, -0.05) is 11.6 Å². The first-order valence-electron chi connectivity index (χ1n) is 6.73. The number of hydrogen-bond acceptors (Lipinski definition) is 5. The van der Waals surface area contributed by atoms with Crippen molar-refractivity contribution in [2.75, 3.05) is 12.4 Å². The molecule has 0 unspecified atom stereocenters. The van der Waals surface area contributed by atoms with Crippen molar-refractivity contribution in [3.8, 4) is 6.07 Å². The summed E-state index contributed by atoms with van der Waals surface area (Å²) in [6.45, 7) is 4.10. The number of pyridine rings is 1. The van der Waals surface area contributed by atoms with E-state index >= 15 is 0 Å². The second-order valence-corrected chi connectivity index (χ2v) is 5.60. The molecule has 2 aromatic rings. The Balaban J connectivity index is 2.53. The van der Waals surface area contributed by atoms with Crippen molar-refractivity contribution in [1.82, 2.24) is 4.98 Å². The molecule has 108 valence electrons. The summed E-state index contributed by atoms with van der Waals surface area (Å²) in [4.78, 5) is 17.3. The fourth-order valence-electron chi connectivity index (χ4n) is 1.99. The summed E-state index contributed by atoms with van der Waals surface area (Å²) in [6.07, 6.45) is 1.99. The van der Waals surface area contributed by atoms with E-state index in [-0.39, 0.29) is 5.97 Å². The van der Waals surface area contributed by atoms with Crippen LogP contribution in [0.2, 0.25) is 0 Å². The van der Waals surface area contributed by atoms with Crippen LogP contribution < -0.4 is 0 Å². The van der Waals surface area contributed by atoms with E-state index < -0.39 is 0 Å². The number of fused-ring (bicyclic) bond motifs is 1. The number of aromatic nitrogens is 1. The third-order valence-corrected chi connectivity index (χ3v) is 4.07. The summed E-state index contributed by atoms with van der Waals surface area (Å²) in [5, 5.41) is 9.63. The van der Waals surface area contributed by atoms with Gasteiger partial charge in [0.2, 0.25) is 0 Å². The summed E-state index contributed by atoms with van der Waals surface area (Å²) in [5.74, 6) is 0.267. The SMILES string of the molecule is CCOC(=O)c1cnc2ccc(C)cc2c1SCCC#N. The fraction of sp³-hybridized carbons (Fsp3) is 0.312. The lowest BCUT2D eigenvalue weighted by Gasteiger charge is -2.11. The van der Waals surface area contributed by atoms with Crippen LogP contribution in [-0.4, -0.2) is 23.3 Å². The molecule has 0 aliphatic carbocycles. The van der Waals surface area contributed by atoms with Crippen molar-refractivity contribution in [3.63, 3.8) is 0 Å². The van der Waals surface area contributed by atoms with Gasteiger partial charge in [0.25, 0.3) is 0 Å². The molecule has 21 heavy (non-hydrogen) atoms. The van der Waals surface area contributed by atoms with E-state index in [0.29, 0.717) is 24.3 Å². The van der Waals surface area contributed by atoms with Crippen molar-refractivity contribution in [2.45, 2.75) is 25.2 Å². The average molecular weight is 300 g/mol. The number of ether oxygens (including phenoxy) is 1. The lowest BCUT2D eigenvalue weighted by molar-refractivity contribution is 0.0522. The van der Waals surface area contributed by atoms with Gasteiger partial charge in [-0.25, -0.2) is 4.79 Å². The molecule has 0 N–H and O–H groups in total. The molecule has 1 aromatic carbocycles. The van der Waals surface area contributed by atoms with Crippen LogP contribution in [0.15, 0.2) is 29.3 Å². The predicted molar refractivity (Wildman–Crippen MR) is 83.4 cm³/mol. The van der Waals surface area contributed by atoms with Crippen molar-refractivity contribution in [2.24, 2.45) is 0 Å². The van der Waals surface area contributed by atoms with Gasteiger partial charge in [0.15, 0.2) is 0 Å². The molecule has 0 atom stereocenters. The van der Waals surface area contributed by atoms with Crippen molar-refractivity contribution in [3.05, 3.63) is 35.5 Å². The molecule has 0 saturated carbocycles. The van der Waals surface area contributed by atoms with Gasteiger partial charge in [0, 0.05) is 28.7 Å². The highest BCUT2D eigenvalue weighted by Gasteiger charge is 2.17. The highest BCUT2D eigenvalue weighted by Crippen LogP contribution is 2.32. The van der Waals surface area contributed by atoms with Gasteiger partial charge >= 0.3 is 5.97 Å². The summed E-state index contributed by atoms with van der Waals surface area (Å²) in [5.41, 5.74) is 2.42. The van der Waals surface area contributed by atoms with Gasteiger partial charge in [0.1, 0.15) is 0 Å². The van der Waals surface area contributed by atoms with Crippen LogP contribution in [0.1, 0.15) is 29.3 Å². The van der Waals surface area contributed by atoms with Gasteiger partial charge in [0.05, 0.1) is 23.8 Å². The van der Waals surface area contributed by atoms with Crippen LogP contribution >= 0.6 is 11.8 Å². The molecule has 0 spiro atoms. The largest absolute Gasteiger partial charge is 0.462 e. The fourth-order valence-corrected chi connectivity index (χ4v) is 3.00. The first kappa shape index (κ1) is 15.3. The van der Waals surface area contributed by atoms with Crippen LogP contribution in [-0.2, 0) is 4.74 Å². The molecule has 0 radical (unpaired) electrons. The minimum Gasteiger partial charge on any atom is -0.462 e. The van der Waals surface area contributed by atoms with E-state index in [4.69, 9.17) is 10.00 Å². The first-order chi connectivity index (χ1) is 10.2. The second-order valence-electron chi connectivity index (χ2n) is 4.50. The van der Waals surface area contributed by atoms with Gasteiger partial charge in [-0.15, -0.1) is 11.8 Å². The van der Waals surface area contributed by atoms with Crippen molar-refractivity contribution in [1.29, 1.82) is 5.26 Å². The highest BCUT2D eigenvalue weighted by atomic mass is 32.2. The number of thioether (sulfide) groups is 1. The Hall–Kier alpha value is -2.06. The molecule has 1 heterocycles. The number of rotatable bonds is 5. The number of nitriles is 1. The van der Waals surface area contributed by atoms with Crippen LogP contribution in [0.25, 0.3) is 10.9 Å². The third-order valence-electron chi connectivity index (χ3n) is 2.93. The van der Waals surface area contributed by atoms with E-state index in [9.17, 15) is 4.79 Å². The van der Waals surface area contributed by atoms with Crippen LogP contribution in [0, 0.1) is 18.3 Å². The number of carbonyl (C=O) groups excluding carboxylic acids is 1. The molecular weight excluding hydrogens is 284 g/mol. The topological polar surface area (TPSA) is 63.0 Å². The number of aryl methyl sites for hydroxylation is 1. The molecule has 2 rings (SSSR count). The lowest BCUT2D eigenvalue weighted by atomic mass is 10.1. The van der Waals surface area contributed by atoms with Gasteiger partial charge in [-0.05, 0) is 26.0 Å². The lowest BCUT2D eigenvalue weighted by Crippen LogP contribution is -2.07. The summed E-state index contributed by atoms with van der Waals surface area (Å²) < 4.78 is 5.10.